The standard InChI is InChI=1S/C17H26N2O.ClH/c1-13(2)15-8-6-14(7-9-15)12-19(3)17(20)16-5-4-10-18-11-16;/h6-9,13,16,18H,4-5,10-12H2,1-3H3;1H/t16-;/m1./s1. The quantitative estimate of drug-likeness (QED) is 0.926. The van der Waals surface area contributed by atoms with Crippen LogP contribution in [0.3, 0.4) is 0 Å². The van der Waals surface area contributed by atoms with Gasteiger partial charge in [0, 0.05) is 20.1 Å². The van der Waals surface area contributed by atoms with Gasteiger partial charge in [0.05, 0.1) is 5.92 Å². The molecular formula is C17H27ClN2O. The zero-order valence-corrected chi connectivity index (χ0v) is 14.1. The van der Waals surface area contributed by atoms with Gasteiger partial charge < -0.3 is 10.2 Å². The van der Waals surface area contributed by atoms with Crippen LogP contribution in [0.4, 0.5) is 0 Å². The van der Waals surface area contributed by atoms with Crippen molar-refractivity contribution < 1.29 is 4.79 Å². The molecule has 118 valence electrons. The average Bonchev–Trinajstić information content (AvgIpc) is 2.48. The lowest BCUT2D eigenvalue weighted by molar-refractivity contribution is -0.135. The summed E-state index contributed by atoms with van der Waals surface area (Å²) in [6, 6.07) is 8.61. The Morgan fingerprint density at radius 3 is 2.52 bits per heavy atom. The topological polar surface area (TPSA) is 32.3 Å². The molecule has 1 aliphatic rings. The summed E-state index contributed by atoms with van der Waals surface area (Å²) in [7, 11) is 1.91. The number of nitrogens with zero attached hydrogens (tertiary/aromatic N) is 1. The SMILES string of the molecule is CC(C)c1ccc(CN(C)C(=O)[C@@H]2CCCNC2)cc1.Cl. The second-order valence-corrected chi connectivity index (χ2v) is 6.13. The van der Waals surface area contributed by atoms with E-state index in [1.807, 2.05) is 11.9 Å². The molecule has 0 aliphatic carbocycles. The highest BCUT2D eigenvalue weighted by molar-refractivity contribution is 5.85. The third-order valence-electron chi connectivity index (χ3n) is 4.09. The first-order chi connectivity index (χ1) is 9.58. The molecule has 2 rings (SSSR count). The molecule has 1 aliphatic heterocycles. The van der Waals surface area contributed by atoms with Crippen LogP contribution < -0.4 is 5.32 Å². The van der Waals surface area contributed by atoms with E-state index in [9.17, 15) is 4.79 Å². The largest absolute Gasteiger partial charge is 0.341 e. The zero-order valence-electron chi connectivity index (χ0n) is 13.3. The van der Waals surface area contributed by atoms with Crippen molar-refractivity contribution in [3.05, 3.63) is 35.4 Å². The highest BCUT2D eigenvalue weighted by atomic mass is 35.5. The van der Waals surface area contributed by atoms with Crippen molar-refractivity contribution in [2.75, 3.05) is 20.1 Å². The highest BCUT2D eigenvalue weighted by Crippen LogP contribution is 2.17. The predicted octanol–water partition coefficient (Wildman–Crippen LogP) is 3.19. The summed E-state index contributed by atoms with van der Waals surface area (Å²) >= 11 is 0. The van der Waals surface area contributed by atoms with Gasteiger partial charge in [-0.3, -0.25) is 4.79 Å². The van der Waals surface area contributed by atoms with Crippen LogP contribution in [0.25, 0.3) is 0 Å². The van der Waals surface area contributed by atoms with Gasteiger partial charge in [-0.25, -0.2) is 0 Å². The van der Waals surface area contributed by atoms with Crippen LogP contribution in [0.15, 0.2) is 24.3 Å². The number of benzene rings is 1. The molecule has 0 bridgehead atoms. The summed E-state index contributed by atoms with van der Waals surface area (Å²) < 4.78 is 0. The normalized spacial score (nSPS) is 18.2. The van der Waals surface area contributed by atoms with Gasteiger partial charge in [-0.1, -0.05) is 38.1 Å². The monoisotopic (exact) mass is 310 g/mol. The molecule has 3 nitrogen and oxygen atoms in total. The van der Waals surface area contributed by atoms with E-state index < -0.39 is 0 Å². The van der Waals surface area contributed by atoms with Gasteiger partial charge in [0.2, 0.25) is 5.91 Å². The lowest BCUT2D eigenvalue weighted by Gasteiger charge is -2.27. The van der Waals surface area contributed by atoms with Crippen LogP contribution in [0.1, 0.15) is 43.7 Å². The van der Waals surface area contributed by atoms with Crippen molar-refractivity contribution in [2.45, 2.75) is 39.2 Å². The van der Waals surface area contributed by atoms with E-state index in [0.29, 0.717) is 12.5 Å². The minimum atomic E-state index is 0. The van der Waals surface area contributed by atoms with Gasteiger partial charge in [-0.05, 0) is 36.4 Å². The van der Waals surface area contributed by atoms with E-state index in [0.717, 1.165) is 25.9 Å². The van der Waals surface area contributed by atoms with Gasteiger partial charge >= 0.3 is 0 Å². The van der Waals surface area contributed by atoms with Crippen LogP contribution in [0.5, 0.6) is 0 Å². The molecule has 0 saturated carbocycles. The lowest BCUT2D eigenvalue weighted by atomic mass is 9.98. The van der Waals surface area contributed by atoms with Crippen LogP contribution in [-0.4, -0.2) is 30.9 Å². The Bertz CT molecular complexity index is 439. The molecule has 1 aromatic rings. The van der Waals surface area contributed by atoms with Crippen LogP contribution >= 0.6 is 12.4 Å². The molecule has 0 radical (unpaired) electrons. The fourth-order valence-corrected chi connectivity index (χ4v) is 2.73. The fraction of sp³-hybridized carbons (Fsp3) is 0.588. The molecule has 1 heterocycles. The molecule has 21 heavy (non-hydrogen) atoms. The van der Waals surface area contributed by atoms with Crippen molar-refractivity contribution in [3.8, 4) is 0 Å². The maximum absolute atomic E-state index is 12.4. The summed E-state index contributed by atoms with van der Waals surface area (Å²) in [4.78, 5) is 14.2. The second-order valence-electron chi connectivity index (χ2n) is 6.13. The minimum absolute atomic E-state index is 0. The Morgan fingerprint density at radius 2 is 2.00 bits per heavy atom. The van der Waals surface area contributed by atoms with Crippen molar-refractivity contribution in [2.24, 2.45) is 5.92 Å². The van der Waals surface area contributed by atoms with Crippen molar-refractivity contribution >= 4 is 18.3 Å². The third-order valence-corrected chi connectivity index (χ3v) is 4.09. The lowest BCUT2D eigenvalue weighted by Crippen LogP contribution is -2.41. The predicted molar refractivity (Wildman–Crippen MR) is 89.8 cm³/mol. The maximum atomic E-state index is 12.4. The van der Waals surface area contributed by atoms with Crippen LogP contribution in [-0.2, 0) is 11.3 Å². The summed E-state index contributed by atoms with van der Waals surface area (Å²) in [6.07, 6.45) is 2.12. The molecular weight excluding hydrogens is 284 g/mol. The van der Waals surface area contributed by atoms with Crippen molar-refractivity contribution in [1.82, 2.24) is 10.2 Å². The van der Waals surface area contributed by atoms with Crippen molar-refractivity contribution in [1.29, 1.82) is 0 Å². The van der Waals surface area contributed by atoms with Gasteiger partial charge in [0.15, 0.2) is 0 Å². The molecule has 1 amide bonds. The molecule has 1 aromatic carbocycles. The Kier molecular flexibility index (Phi) is 7.20. The number of hydrogen-bond donors (Lipinski definition) is 1. The highest BCUT2D eigenvalue weighted by Gasteiger charge is 2.23. The van der Waals surface area contributed by atoms with Gasteiger partial charge in [-0.2, -0.15) is 0 Å². The fourth-order valence-electron chi connectivity index (χ4n) is 2.73. The molecule has 0 aromatic heterocycles. The first-order valence-corrected chi connectivity index (χ1v) is 7.62. The molecule has 1 saturated heterocycles. The summed E-state index contributed by atoms with van der Waals surface area (Å²) in [5.41, 5.74) is 2.55. The minimum Gasteiger partial charge on any atom is -0.341 e. The van der Waals surface area contributed by atoms with Crippen LogP contribution in [0.2, 0.25) is 0 Å². The zero-order chi connectivity index (χ0) is 14.5. The van der Waals surface area contributed by atoms with Crippen molar-refractivity contribution in [3.63, 3.8) is 0 Å². The number of piperidine rings is 1. The summed E-state index contributed by atoms with van der Waals surface area (Å²) in [5, 5.41) is 3.31. The molecule has 1 fully saturated rings. The molecule has 1 N–H and O–H groups in total. The van der Waals surface area contributed by atoms with Crippen LogP contribution in [0, 0.1) is 5.92 Å². The first kappa shape index (κ1) is 18.0. The Morgan fingerprint density at radius 1 is 1.33 bits per heavy atom. The van der Waals surface area contributed by atoms with E-state index in [1.165, 1.54) is 11.1 Å². The Balaban J connectivity index is 0.00000220. The molecule has 1 atom stereocenters. The number of amides is 1. The Labute approximate surface area is 134 Å². The number of rotatable bonds is 4. The molecule has 4 heteroatoms. The first-order valence-electron chi connectivity index (χ1n) is 7.62. The average molecular weight is 311 g/mol. The van der Waals surface area contributed by atoms with E-state index in [2.05, 4.69) is 43.4 Å². The third kappa shape index (κ3) is 5.01. The maximum Gasteiger partial charge on any atom is 0.227 e. The number of hydrogen-bond acceptors (Lipinski definition) is 2. The number of halogens is 1. The second kappa shape index (κ2) is 8.40. The van der Waals surface area contributed by atoms with Gasteiger partial charge in [-0.15, -0.1) is 12.4 Å². The van der Waals surface area contributed by atoms with E-state index in [4.69, 9.17) is 0 Å². The van der Waals surface area contributed by atoms with E-state index >= 15 is 0 Å². The number of carbonyl (C=O) groups is 1. The number of nitrogens with one attached hydrogen (secondary N) is 1. The number of carbonyl (C=O) groups excluding carboxylic acids is 1. The van der Waals surface area contributed by atoms with E-state index in [1.54, 1.807) is 0 Å². The van der Waals surface area contributed by atoms with Gasteiger partial charge in [0.25, 0.3) is 0 Å². The molecule has 0 unspecified atom stereocenters. The van der Waals surface area contributed by atoms with E-state index in [-0.39, 0.29) is 24.2 Å². The Hall–Kier alpha value is -1.06. The summed E-state index contributed by atoms with van der Waals surface area (Å²) in [6.45, 7) is 6.97. The molecule has 0 spiro atoms. The summed E-state index contributed by atoms with van der Waals surface area (Å²) in [5.74, 6) is 0.977. The smallest absolute Gasteiger partial charge is 0.227 e. The van der Waals surface area contributed by atoms with Gasteiger partial charge in [0.1, 0.15) is 0 Å².